The zero-order chi connectivity index (χ0) is 19.6. The number of nitrogens with two attached hydrogens (primary N) is 1. The summed E-state index contributed by atoms with van der Waals surface area (Å²) in [4.78, 5) is 13.1. The highest BCUT2D eigenvalue weighted by atomic mass is 16.5. The van der Waals surface area contributed by atoms with Crippen LogP contribution in [0.15, 0.2) is 52.7 Å². The molecule has 2 aliphatic rings. The maximum absolute atomic E-state index is 13.1. The Balaban J connectivity index is 2.35. The van der Waals surface area contributed by atoms with Crippen LogP contribution in [0.4, 0.5) is 0 Å². The van der Waals surface area contributed by atoms with Crippen molar-refractivity contribution in [2.45, 2.75) is 39.0 Å². The topological polar surface area (TPSA) is 99.9 Å². The van der Waals surface area contributed by atoms with E-state index >= 15 is 0 Å². The number of carbonyl (C=O) groups is 1. The Labute approximate surface area is 159 Å². The number of ether oxygens (including phenoxy) is 1. The molecular weight excluding hydrogens is 338 g/mol. The van der Waals surface area contributed by atoms with Crippen LogP contribution in [0, 0.1) is 34.0 Å². The van der Waals surface area contributed by atoms with Crippen molar-refractivity contribution in [2.75, 3.05) is 6.61 Å². The van der Waals surface area contributed by atoms with Gasteiger partial charge in [0, 0.05) is 5.92 Å². The van der Waals surface area contributed by atoms with E-state index in [2.05, 4.69) is 19.1 Å². The molecule has 0 spiro atoms. The second-order valence-corrected chi connectivity index (χ2v) is 7.24. The van der Waals surface area contributed by atoms with E-state index in [4.69, 9.17) is 10.5 Å². The van der Waals surface area contributed by atoms with Crippen molar-refractivity contribution in [1.29, 1.82) is 10.5 Å². The Morgan fingerprint density at radius 1 is 1.33 bits per heavy atom. The van der Waals surface area contributed by atoms with Crippen LogP contribution in [0.3, 0.4) is 0 Å². The third kappa shape index (κ3) is 2.80. The van der Waals surface area contributed by atoms with E-state index in [1.54, 1.807) is 6.92 Å². The van der Waals surface area contributed by atoms with E-state index in [0.29, 0.717) is 5.92 Å². The summed E-state index contributed by atoms with van der Waals surface area (Å²) in [7, 11) is 0. The molecule has 2 N–H and O–H groups in total. The fourth-order valence-electron chi connectivity index (χ4n) is 4.37. The van der Waals surface area contributed by atoms with E-state index in [1.807, 2.05) is 30.3 Å². The summed E-state index contributed by atoms with van der Waals surface area (Å²) in [5.41, 5.74) is 7.67. The highest BCUT2D eigenvalue weighted by molar-refractivity contribution is 5.88. The number of carbonyl (C=O) groups excluding carboxylic acids is 1. The SMILES string of the molecule is CCOC(=O)[C@]1(C#N)C(N)=C(C#N)C2=C(C[C@@H](C)CC2)[C@H]1c1ccccc1. The number of nitrogens with zero attached hydrogens (tertiary/aromatic N) is 2. The van der Waals surface area contributed by atoms with Crippen molar-refractivity contribution >= 4 is 5.97 Å². The van der Waals surface area contributed by atoms with Crippen LogP contribution in [0.25, 0.3) is 0 Å². The van der Waals surface area contributed by atoms with Gasteiger partial charge in [0.05, 0.1) is 23.9 Å². The molecule has 0 saturated carbocycles. The summed E-state index contributed by atoms with van der Waals surface area (Å²) >= 11 is 0. The van der Waals surface area contributed by atoms with E-state index < -0.39 is 17.3 Å². The molecule has 0 amide bonds. The number of allylic oxidation sites excluding steroid dienone is 3. The van der Waals surface area contributed by atoms with Gasteiger partial charge in [0.15, 0.2) is 0 Å². The molecule has 1 aromatic rings. The lowest BCUT2D eigenvalue weighted by Crippen LogP contribution is -2.46. The largest absolute Gasteiger partial charge is 0.464 e. The summed E-state index contributed by atoms with van der Waals surface area (Å²) in [6, 6.07) is 13.8. The Bertz CT molecular complexity index is 902. The van der Waals surface area contributed by atoms with Crippen molar-refractivity contribution in [3.05, 3.63) is 58.3 Å². The molecule has 0 aromatic heterocycles. The van der Waals surface area contributed by atoms with Crippen molar-refractivity contribution in [1.82, 2.24) is 0 Å². The molecule has 0 fully saturated rings. The van der Waals surface area contributed by atoms with Gasteiger partial charge in [-0.25, -0.2) is 4.79 Å². The van der Waals surface area contributed by atoms with Gasteiger partial charge in [-0.3, -0.25) is 0 Å². The Kier molecular flexibility index (Phi) is 5.06. The monoisotopic (exact) mass is 361 g/mol. The summed E-state index contributed by atoms with van der Waals surface area (Å²) in [5, 5.41) is 20.0. The molecule has 0 radical (unpaired) electrons. The first-order valence-electron chi connectivity index (χ1n) is 9.27. The molecule has 2 aliphatic carbocycles. The van der Waals surface area contributed by atoms with Crippen LogP contribution in [0.2, 0.25) is 0 Å². The maximum Gasteiger partial charge on any atom is 0.333 e. The number of rotatable bonds is 3. The van der Waals surface area contributed by atoms with Gasteiger partial charge in [0.25, 0.3) is 0 Å². The van der Waals surface area contributed by atoms with Crippen LogP contribution >= 0.6 is 0 Å². The molecule has 5 heteroatoms. The van der Waals surface area contributed by atoms with Gasteiger partial charge in [-0.15, -0.1) is 0 Å². The van der Waals surface area contributed by atoms with Gasteiger partial charge in [-0.2, -0.15) is 10.5 Å². The Morgan fingerprint density at radius 3 is 2.63 bits per heavy atom. The standard InChI is InChI=1S/C22H23N3O2/c1-3-27-21(26)22(13-24)19(15-7-5-4-6-8-15)17-11-14(2)9-10-16(17)18(12-23)20(22)25/h4-8,14,19H,3,9-11,25H2,1-2H3/t14-,19+,22-/m0/s1. The third-order valence-electron chi connectivity index (χ3n) is 5.64. The van der Waals surface area contributed by atoms with Gasteiger partial charge >= 0.3 is 5.97 Å². The highest BCUT2D eigenvalue weighted by Gasteiger charge is 2.56. The fourth-order valence-corrected chi connectivity index (χ4v) is 4.37. The molecule has 0 unspecified atom stereocenters. The molecule has 0 aliphatic heterocycles. The molecule has 138 valence electrons. The van der Waals surface area contributed by atoms with Crippen molar-refractivity contribution in [3.8, 4) is 12.1 Å². The molecule has 27 heavy (non-hydrogen) atoms. The van der Waals surface area contributed by atoms with Crippen LogP contribution in [0.5, 0.6) is 0 Å². The lowest BCUT2D eigenvalue weighted by atomic mass is 9.58. The minimum absolute atomic E-state index is 0.0214. The zero-order valence-electron chi connectivity index (χ0n) is 15.7. The van der Waals surface area contributed by atoms with Crippen LogP contribution in [-0.4, -0.2) is 12.6 Å². The summed E-state index contributed by atoms with van der Waals surface area (Å²) in [6.45, 7) is 3.99. The number of nitriles is 2. The first-order chi connectivity index (χ1) is 13.0. The smallest absolute Gasteiger partial charge is 0.333 e. The summed E-state index contributed by atoms with van der Waals surface area (Å²) in [6.07, 6.45) is 2.42. The number of benzene rings is 1. The van der Waals surface area contributed by atoms with Gasteiger partial charge in [0.1, 0.15) is 6.07 Å². The first-order valence-corrected chi connectivity index (χ1v) is 9.27. The van der Waals surface area contributed by atoms with Crippen molar-refractivity contribution in [3.63, 3.8) is 0 Å². The molecule has 1 aromatic carbocycles. The fraction of sp³-hybridized carbons (Fsp3) is 0.409. The molecule has 5 nitrogen and oxygen atoms in total. The number of hydrogen-bond donors (Lipinski definition) is 1. The highest BCUT2D eigenvalue weighted by Crippen LogP contribution is 2.55. The Morgan fingerprint density at radius 2 is 2.04 bits per heavy atom. The average molecular weight is 361 g/mol. The molecular formula is C22H23N3O2. The second kappa shape index (κ2) is 7.29. The predicted molar refractivity (Wildman–Crippen MR) is 101 cm³/mol. The van der Waals surface area contributed by atoms with Gasteiger partial charge in [-0.1, -0.05) is 42.8 Å². The number of hydrogen-bond acceptors (Lipinski definition) is 5. The molecule has 0 saturated heterocycles. The number of esters is 1. The summed E-state index contributed by atoms with van der Waals surface area (Å²) < 4.78 is 5.29. The predicted octanol–water partition coefficient (Wildman–Crippen LogP) is 3.71. The van der Waals surface area contributed by atoms with E-state index in [0.717, 1.165) is 36.0 Å². The lowest BCUT2D eigenvalue weighted by Gasteiger charge is -2.43. The minimum atomic E-state index is -1.72. The van der Waals surface area contributed by atoms with Crippen LogP contribution in [0.1, 0.15) is 44.6 Å². The Hall–Kier alpha value is -3.05. The lowest BCUT2D eigenvalue weighted by molar-refractivity contribution is -0.151. The van der Waals surface area contributed by atoms with Crippen molar-refractivity contribution in [2.24, 2.45) is 17.1 Å². The van der Waals surface area contributed by atoms with E-state index in [9.17, 15) is 15.3 Å². The van der Waals surface area contributed by atoms with Crippen LogP contribution < -0.4 is 5.73 Å². The normalized spacial score (nSPS) is 27.4. The van der Waals surface area contributed by atoms with E-state index in [1.165, 1.54) is 0 Å². The van der Waals surface area contributed by atoms with Gasteiger partial charge in [0.2, 0.25) is 5.41 Å². The average Bonchev–Trinajstić information content (AvgIpc) is 2.68. The van der Waals surface area contributed by atoms with E-state index in [-0.39, 0.29) is 17.9 Å². The second-order valence-electron chi connectivity index (χ2n) is 7.24. The molecule has 0 heterocycles. The van der Waals surface area contributed by atoms with Crippen LogP contribution in [-0.2, 0) is 9.53 Å². The molecule has 3 atom stereocenters. The first kappa shape index (κ1) is 18.7. The zero-order valence-corrected chi connectivity index (χ0v) is 15.7. The van der Waals surface area contributed by atoms with Gasteiger partial charge < -0.3 is 10.5 Å². The summed E-state index contributed by atoms with van der Waals surface area (Å²) in [5.74, 6) is -0.818. The molecule has 3 rings (SSSR count). The van der Waals surface area contributed by atoms with Gasteiger partial charge in [-0.05, 0) is 43.2 Å². The minimum Gasteiger partial charge on any atom is -0.464 e. The molecule has 0 bridgehead atoms. The maximum atomic E-state index is 13.1. The van der Waals surface area contributed by atoms with Crippen molar-refractivity contribution < 1.29 is 9.53 Å². The quantitative estimate of drug-likeness (QED) is 0.827. The third-order valence-corrected chi connectivity index (χ3v) is 5.64.